The van der Waals surface area contributed by atoms with Gasteiger partial charge >= 0.3 is 5.97 Å². The summed E-state index contributed by atoms with van der Waals surface area (Å²) in [6, 6.07) is -0.862. The lowest BCUT2D eigenvalue weighted by molar-refractivity contribution is -0.158. The first-order valence-electron chi connectivity index (χ1n) is 6.75. The number of ether oxygens (including phenoxy) is 1. The molecule has 0 spiro atoms. The van der Waals surface area contributed by atoms with E-state index in [0.717, 1.165) is 6.42 Å². The molecule has 110 valence electrons. The second-order valence-electron chi connectivity index (χ2n) is 5.45. The Morgan fingerprint density at radius 3 is 2.68 bits per heavy atom. The van der Waals surface area contributed by atoms with E-state index in [-0.39, 0.29) is 18.4 Å². The van der Waals surface area contributed by atoms with Crippen LogP contribution in [0.15, 0.2) is 0 Å². The van der Waals surface area contributed by atoms with Crippen molar-refractivity contribution >= 4 is 11.9 Å². The summed E-state index contributed by atoms with van der Waals surface area (Å²) >= 11 is 0. The zero-order valence-corrected chi connectivity index (χ0v) is 11.7. The lowest BCUT2D eigenvalue weighted by Crippen LogP contribution is -2.53. The van der Waals surface area contributed by atoms with E-state index in [1.54, 1.807) is 0 Å². The third-order valence-corrected chi connectivity index (χ3v) is 3.34. The number of morpholine rings is 1. The van der Waals surface area contributed by atoms with E-state index >= 15 is 0 Å². The highest BCUT2D eigenvalue weighted by atomic mass is 16.5. The number of aliphatic carboxylic acids is 1. The van der Waals surface area contributed by atoms with Gasteiger partial charge in [-0.2, -0.15) is 0 Å². The van der Waals surface area contributed by atoms with Crippen LogP contribution in [0.5, 0.6) is 0 Å². The average molecular weight is 272 g/mol. The number of carboxylic acids is 1. The molecule has 0 bridgehead atoms. The molecule has 0 radical (unpaired) electrons. The molecule has 0 aromatic rings. The highest BCUT2D eigenvalue weighted by molar-refractivity contribution is 5.84. The standard InChI is InChI=1S/C13H24N2O4/c1-9(2)5-10(7-14)6-12(16)15-3-4-19-8-11(15)13(17)18/h9-11H,3-8,14H2,1-2H3,(H,17,18). The van der Waals surface area contributed by atoms with Gasteiger partial charge in [-0.05, 0) is 24.8 Å². The molecular formula is C13H24N2O4. The van der Waals surface area contributed by atoms with Gasteiger partial charge in [0.15, 0.2) is 6.04 Å². The fourth-order valence-electron chi connectivity index (χ4n) is 2.40. The summed E-state index contributed by atoms with van der Waals surface area (Å²) < 4.78 is 5.12. The molecule has 0 saturated carbocycles. The van der Waals surface area contributed by atoms with Crippen LogP contribution in [0.1, 0.15) is 26.7 Å². The zero-order chi connectivity index (χ0) is 14.4. The van der Waals surface area contributed by atoms with Gasteiger partial charge in [-0.3, -0.25) is 4.79 Å². The van der Waals surface area contributed by atoms with Gasteiger partial charge in [-0.15, -0.1) is 0 Å². The van der Waals surface area contributed by atoms with Crippen molar-refractivity contribution in [3.05, 3.63) is 0 Å². The van der Waals surface area contributed by atoms with E-state index in [2.05, 4.69) is 13.8 Å². The molecule has 1 fully saturated rings. The van der Waals surface area contributed by atoms with Crippen LogP contribution in [0.3, 0.4) is 0 Å². The van der Waals surface area contributed by atoms with Crippen LogP contribution < -0.4 is 5.73 Å². The molecule has 2 atom stereocenters. The summed E-state index contributed by atoms with van der Waals surface area (Å²) in [7, 11) is 0. The molecule has 1 aliphatic heterocycles. The van der Waals surface area contributed by atoms with E-state index in [0.29, 0.717) is 32.0 Å². The Labute approximate surface area is 113 Å². The fraction of sp³-hybridized carbons (Fsp3) is 0.846. The van der Waals surface area contributed by atoms with Crippen LogP contribution in [0.25, 0.3) is 0 Å². The summed E-state index contributed by atoms with van der Waals surface area (Å²) in [4.78, 5) is 24.7. The number of carbonyl (C=O) groups is 2. The number of nitrogens with two attached hydrogens (primary N) is 1. The molecule has 1 amide bonds. The quantitative estimate of drug-likeness (QED) is 0.726. The molecule has 1 saturated heterocycles. The smallest absolute Gasteiger partial charge is 0.328 e. The highest BCUT2D eigenvalue weighted by Gasteiger charge is 2.33. The van der Waals surface area contributed by atoms with E-state index in [9.17, 15) is 9.59 Å². The van der Waals surface area contributed by atoms with Crippen LogP contribution >= 0.6 is 0 Å². The van der Waals surface area contributed by atoms with Gasteiger partial charge in [-0.25, -0.2) is 4.79 Å². The zero-order valence-electron chi connectivity index (χ0n) is 11.7. The Morgan fingerprint density at radius 1 is 1.47 bits per heavy atom. The van der Waals surface area contributed by atoms with Gasteiger partial charge in [0.05, 0.1) is 13.2 Å². The normalized spacial score (nSPS) is 21.5. The number of rotatable bonds is 6. The van der Waals surface area contributed by atoms with Crippen LogP contribution in [0.2, 0.25) is 0 Å². The van der Waals surface area contributed by atoms with Gasteiger partial charge in [0.2, 0.25) is 5.91 Å². The first-order valence-corrected chi connectivity index (χ1v) is 6.75. The monoisotopic (exact) mass is 272 g/mol. The number of nitrogens with zero attached hydrogens (tertiary/aromatic N) is 1. The molecule has 1 rings (SSSR count). The number of amides is 1. The number of hydrogen-bond donors (Lipinski definition) is 2. The van der Waals surface area contributed by atoms with Crippen molar-refractivity contribution in [2.45, 2.75) is 32.7 Å². The van der Waals surface area contributed by atoms with Crippen molar-refractivity contribution in [3.8, 4) is 0 Å². The molecule has 0 aliphatic carbocycles. The van der Waals surface area contributed by atoms with Crippen LogP contribution in [-0.4, -0.2) is 54.2 Å². The number of hydrogen-bond acceptors (Lipinski definition) is 4. The SMILES string of the molecule is CC(C)CC(CN)CC(=O)N1CCOCC1C(=O)O. The minimum absolute atomic E-state index is 0.0680. The Hall–Kier alpha value is -1.14. The first kappa shape index (κ1) is 15.9. The molecule has 0 aromatic heterocycles. The van der Waals surface area contributed by atoms with E-state index in [1.165, 1.54) is 4.90 Å². The van der Waals surface area contributed by atoms with Crippen molar-refractivity contribution in [1.82, 2.24) is 4.90 Å². The lowest BCUT2D eigenvalue weighted by Gasteiger charge is -2.34. The van der Waals surface area contributed by atoms with Gasteiger partial charge < -0.3 is 20.5 Å². The molecule has 0 aromatic carbocycles. The van der Waals surface area contributed by atoms with Crippen molar-refractivity contribution < 1.29 is 19.4 Å². The molecule has 6 nitrogen and oxygen atoms in total. The lowest BCUT2D eigenvalue weighted by atomic mass is 9.93. The predicted octanol–water partition coefficient (Wildman–Crippen LogP) is 0.310. The Bertz CT molecular complexity index is 320. The fourth-order valence-corrected chi connectivity index (χ4v) is 2.40. The second-order valence-corrected chi connectivity index (χ2v) is 5.45. The Morgan fingerprint density at radius 2 is 2.16 bits per heavy atom. The maximum atomic E-state index is 12.2. The van der Waals surface area contributed by atoms with Crippen molar-refractivity contribution in [1.29, 1.82) is 0 Å². The second kappa shape index (κ2) is 7.45. The van der Waals surface area contributed by atoms with Gasteiger partial charge in [0.1, 0.15) is 0 Å². The van der Waals surface area contributed by atoms with Gasteiger partial charge in [-0.1, -0.05) is 13.8 Å². The van der Waals surface area contributed by atoms with Crippen molar-refractivity contribution in [2.24, 2.45) is 17.6 Å². The molecule has 1 aliphatic rings. The van der Waals surface area contributed by atoms with Gasteiger partial charge in [0, 0.05) is 13.0 Å². The maximum Gasteiger partial charge on any atom is 0.328 e. The summed E-state index contributed by atoms with van der Waals surface area (Å²) in [5.41, 5.74) is 5.68. The van der Waals surface area contributed by atoms with Crippen molar-refractivity contribution in [2.75, 3.05) is 26.3 Å². The number of carbonyl (C=O) groups excluding carboxylic acids is 1. The van der Waals surface area contributed by atoms with Gasteiger partial charge in [0.25, 0.3) is 0 Å². The third kappa shape index (κ3) is 4.80. The number of carboxylic acid groups (broad SMARTS) is 1. The van der Waals surface area contributed by atoms with Crippen molar-refractivity contribution in [3.63, 3.8) is 0 Å². The third-order valence-electron chi connectivity index (χ3n) is 3.34. The predicted molar refractivity (Wildman–Crippen MR) is 70.6 cm³/mol. The molecular weight excluding hydrogens is 248 g/mol. The summed E-state index contributed by atoms with van der Waals surface area (Å²) in [5, 5.41) is 9.10. The summed E-state index contributed by atoms with van der Waals surface area (Å²) in [5.74, 6) is -0.556. The molecule has 1 heterocycles. The van der Waals surface area contributed by atoms with Crippen LogP contribution in [0.4, 0.5) is 0 Å². The maximum absolute atomic E-state index is 12.2. The first-order chi connectivity index (χ1) is 8.95. The van der Waals surface area contributed by atoms with E-state index < -0.39 is 12.0 Å². The average Bonchev–Trinajstić information content (AvgIpc) is 2.37. The molecule has 19 heavy (non-hydrogen) atoms. The largest absolute Gasteiger partial charge is 0.480 e. The molecule has 6 heteroatoms. The summed E-state index contributed by atoms with van der Waals surface area (Å²) in [6.07, 6.45) is 1.20. The minimum Gasteiger partial charge on any atom is -0.480 e. The van der Waals surface area contributed by atoms with Crippen LogP contribution in [-0.2, 0) is 14.3 Å². The highest BCUT2D eigenvalue weighted by Crippen LogP contribution is 2.18. The van der Waals surface area contributed by atoms with E-state index in [4.69, 9.17) is 15.6 Å². The topological polar surface area (TPSA) is 92.9 Å². The molecule has 2 unspecified atom stereocenters. The Balaban J connectivity index is 2.61. The molecule has 3 N–H and O–H groups in total. The summed E-state index contributed by atoms with van der Waals surface area (Å²) in [6.45, 7) is 5.43. The van der Waals surface area contributed by atoms with E-state index in [1.807, 2.05) is 0 Å². The Kier molecular flexibility index (Phi) is 6.24. The van der Waals surface area contributed by atoms with Crippen LogP contribution in [0, 0.1) is 11.8 Å². The minimum atomic E-state index is -1.01.